The molecule has 0 saturated carbocycles. The van der Waals surface area contributed by atoms with E-state index in [1.54, 1.807) is 12.1 Å². The Kier molecular flexibility index (Phi) is 4.64. The molecular weight excluding hydrogens is 278 g/mol. The lowest BCUT2D eigenvalue weighted by Crippen LogP contribution is -2.50. The number of rotatable bonds is 4. The lowest BCUT2D eigenvalue weighted by atomic mass is 10.1. The first-order valence-electron chi connectivity index (χ1n) is 6.60. The van der Waals surface area contributed by atoms with Gasteiger partial charge in [0.2, 0.25) is 10.0 Å². The number of nitrogens with zero attached hydrogens (tertiary/aromatic N) is 1. The van der Waals surface area contributed by atoms with Gasteiger partial charge in [-0.25, -0.2) is 13.1 Å². The summed E-state index contributed by atoms with van der Waals surface area (Å²) in [5.74, 6) is 0. The summed E-state index contributed by atoms with van der Waals surface area (Å²) in [5.41, 5.74) is 6.63. The standard InChI is InChI=1S/C13H21N3O3S/c1-10-9-19-12(7-14)8-16(10)11-3-5-13(6-4-11)20(17,18)15-2/h3-6,10,12,15H,7-9,14H2,1-2H3. The quantitative estimate of drug-likeness (QED) is 0.826. The molecule has 1 fully saturated rings. The van der Waals surface area contributed by atoms with Gasteiger partial charge in [-0.2, -0.15) is 0 Å². The smallest absolute Gasteiger partial charge is 0.240 e. The molecular formula is C13H21N3O3S. The van der Waals surface area contributed by atoms with Gasteiger partial charge in [0, 0.05) is 24.8 Å². The summed E-state index contributed by atoms with van der Waals surface area (Å²) in [6.07, 6.45) is 0.0203. The number of hydrogen-bond acceptors (Lipinski definition) is 5. The predicted octanol–water partition coefficient (Wildman–Crippen LogP) is 0.147. The van der Waals surface area contributed by atoms with E-state index in [1.165, 1.54) is 7.05 Å². The highest BCUT2D eigenvalue weighted by Gasteiger charge is 2.25. The van der Waals surface area contributed by atoms with Crippen LogP contribution >= 0.6 is 0 Å². The van der Waals surface area contributed by atoms with Gasteiger partial charge >= 0.3 is 0 Å². The Morgan fingerprint density at radius 1 is 1.40 bits per heavy atom. The van der Waals surface area contributed by atoms with Crippen molar-refractivity contribution in [3.05, 3.63) is 24.3 Å². The van der Waals surface area contributed by atoms with Crippen molar-refractivity contribution in [2.75, 3.05) is 31.6 Å². The molecule has 1 saturated heterocycles. The average Bonchev–Trinajstić information content (AvgIpc) is 2.48. The van der Waals surface area contributed by atoms with Gasteiger partial charge in [-0.05, 0) is 38.2 Å². The SMILES string of the molecule is CNS(=O)(=O)c1ccc(N2CC(CN)OCC2C)cc1. The maximum atomic E-state index is 11.7. The van der Waals surface area contributed by atoms with E-state index in [4.69, 9.17) is 10.5 Å². The van der Waals surface area contributed by atoms with Crippen LogP contribution in [-0.2, 0) is 14.8 Å². The molecule has 0 amide bonds. The lowest BCUT2D eigenvalue weighted by molar-refractivity contribution is 0.0283. The van der Waals surface area contributed by atoms with E-state index in [1.807, 2.05) is 12.1 Å². The molecule has 0 bridgehead atoms. The van der Waals surface area contributed by atoms with E-state index < -0.39 is 10.0 Å². The van der Waals surface area contributed by atoms with Crippen molar-refractivity contribution in [2.24, 2.45) is 5.73 Å². The second-order valence-electron chi connectivity index (χ2n) is 4.89. The van der Waals surface area contributed by atoms with Crippen LogP contribution in [0.3, 0.4) is 0 Å². The first-order chi connectivity index (χ1) is 9.47. The maximum Gasteiger partial charge on any atom is 0.240 e. The minimum Gasteiger partial charge on any atom is -0.373 e. The van der Waals surface area contributed by atoms with E-state index in [2.05, 4.69) is 16.5 Å². The van der Waals surface area contributed by atoms with Crippen LogP contribution in [0.25, 0.3) is 0 Å². The molecule has 2 unspecified atom stereocenters. The molecule has 112 valence electrons. The van der Waals surface area contributed by atoms with Crippen molar-refractivity contribution in [3.8, 4) is 0 Å². The van der Waals surface area contributed by atoms with Crippen molar-refractivity contribution in [3.63, 3.8) is 0 Å². The van der Waals surface area contributed by atoms with E-state index in [0.717, 1.165) is 12.2 Å². The van der Waals surface area contributed by atoms with Crippen molar-refractivity contribution in [2.45, 2.75) is 24.0 Å². The molecule has 0 radical (unpaired) electrons. The monoisotopic (exact) mass is 299 g/mol. The molecule has 2 rings (SSSR count). The van der Waals surface area contributed by atoms with Gasteiger partial charge in [-0.15, -0.1) is 0 Å². The molecule has 0 aliphatic carbocycles. The van der Waals surface area contributed by atoms with E-state index >= 15 is 0 Å². The predicted molar refractivity (Wildman–Crippen MR) is 78.3 cm³/mol. The largest absolute Gasteiger partial charge is 0.373 e. The van der Waals surface area contributed by atoms with Crippen LogP contribution in [0.1, 0.15) is 6.92 Å². The average molecular weight is 299 g/mol. The van der Waals surface area contributed by atoms with Crippen LogP contribution in [0, 0.1) is 0 Å². The lowest BCUT2D eigenvalue weighted by Gasteiger charge is -2.39. The normalized spacial score (nSPS) is 23.9. The first kappa shape index (κ1) is 15.2. The molecule has 6 nitrogen and oxygen atoms in total. The third-order valence-electron chi connectivity index (χ3n) is 3.52. The number of nitrogens with one attached hydrogen (secondary N) is 1. The fourth-order valence-corrected chi connectivity index (χ4v) is 2.98. The van der Waals surface area contributed by atoms with Crippen molar-refractivity contribution < 1.29 is 13.2 Å². The van der Waals surface area contributed by atoms with Gasteiger partial charge in [0.1, 0.15) is 0 Å². The number of hydrogen-bond donors (Lipinski definition) is 2. The zero-order chi connectivity index (χ0) is 14.8. The summed E-state index contributed by atoms with van der Waals surface area (Å²) < 4.78 is 31.3. The van der Waals surface area contributed by atoms with Crippen LogP contribution in [0.2, 0.25) is 0 Å². The summed E-state index contributed by atoms with van der Waals surface area (Å²) in [4.78, 5) is 2.46. The fourth-order valence-electron chi connectivity index (χ4n) is 2.25. The number of morpholine rings is 1. The summed E-state index contributed by atoms with van der Waals surface area (Å²) in [7, 11) is -1.99. The molecule has 1 aliphatic heterocycles. The number of anilines is 1. The molecule has 1 aromatic carbocycles. The zero-order valence-electron chi connectivity index (χ0n) is 11.7. The third kappa shape index (κ3) is 3.12. The summed E-state index contributed by atoms with van der Waals surface area (Å²) in [6.45, 7) is 3.90. The summed E-state index contributed by atoms with van der Waals surface area (Å²) >= 11 is 0. The van der Waals surface area contributed by atoms with Gasteiger partial charge < -0.3 is 15.4 Å². The Hall–Kier alpha value is -1.15. The van der Waals surface area contributed by atoms with Crippen molar-refractivity contribution >= 4 is 15.7 Å². The highest BCUT2D eigenvalue weighted by molar-refractivity contribution is 7.89. The number of ether oxygens (including phenoxy) is 1. The molecule has 1 aliphatic rings. The third-order valence-corrected chi connectivity index (χ3v) is 4.95. The minimum atomic E-state index is -3.39. The minimum absolute atomic E-state index is 0.0203. The van der Waals surface area contributed by atoms with Gasteiger partial charge in [0.05, 0.1) is 17.6 Å². The Morgan fingerprint density at radius 2 is 2.05 bits per heavy atom. The molecule has 20 heavy (non-hydrogen) atoms. The number of benzene rings is 1. The molecule has 2 atom stereocenters. The van der Waals surface area contributed by atoms with Crippen molar-refractivity contribution in [1.82, 2.24) is 4.72 Å². The Morgan fingerprint density at radius 3 is 2.60 bits per heavy atom. The molecule has 0 aromatic heterocycles. The van der Waals surface area contributed by atoms with Gasteiger partial charge in [-0.3, -0.25) is 0 Å². The highest BCUT2D eigenvalue weighted by Crippen LogP contribution is 2.23. The number of sulfonamides is 1. The second kappa shape index (κ2) is 6.09. The van der Waals surface area contributed by atoms with Crippen molar-refractivity contribution in [1.29, 1.82) is 0 Å². The van der Waals surface area contributed by atoms with Gasteiger partial charge in [0.25, 0.3) is 0 Å². The van der Waals surface area contributed by atoms with Crippen LogP contribution in [-0.4, -0.2) is 47.3 Å². The molecule has 7 heteroatoms. The zero-order valence-corrected chi connectivity index (χ0v) is 12.6. The van der Waals surface area contributed by atoms with Crippen LogP contribution in [0.4, 0.5) is 5.69 Å². The Balaban J connectivity index is 2.21. The maximum absolute atomic E-state index is 11.7. The Labute approximate surface area is 120 Å². The topological polar surface area (TPSA) is 84.7 Å². The molecule has 0 spiro atoms. The van der Waals surface area contributed by atoms with Crippen LogP contribution < -0.4 is 15.4 Å². The number of nitrogens with two attached hydrogens (primary N) is 1. The van der Waals surface area contributed by atoms with Crippen LogP contribution in [0.5, 0.6) is 0 Å². The van der Waals surface area contributed by atoms with E-state index in [-0.39, 0.29) is 17.0 Å². The van der Waals surface area contributed by atoms with Crippen LogP contribution in [0.15, 0.2) is 29.2 Å². The van der Waals surface area contributed by atoms with Gasteiger partial charge in [0.15, 0.2) is 0 Å². The molecule has 1 aromatic rings. The van der Waals surface area contributed by atoms with E-state index in [0.29, 0.717) is 13.2 Å². The first-order valence-corrected chi connectivity index (χ1v) is 8.08. The fraction of sp³-hybridized carbons (Fsp3) is 0.538. The Bertz CT molecular complexity index is 544. The second-order valence-corrected chi connectivity index (χ2v) is 6.78. The summed E-state index contributed by atoms with van der Waals surface area (Å²) in [5, 5.41) is 0. The summed E-state index contributed by atoms with van der Waals surface area (Å²) in [6, 6.07) is 7.10. The van der Waals surface area contributed by atoms with Gasteiger partial charge in [-0.1, -0.05) is 0 Å². The molecule has 1 heterocycles. The highest BCUT2D eigenvalue weighted by atomic mass is 32.2. The van der Waals surface area contributed by atoms with E-state index in [9.17, 15) is 8.42 Å². The molecule has 3 N–H and O–H groups in total.